The first-order valence-corrected chi connectivity index (χ1v) is 20.3. The Morgan fingerprint density at radius 2 is 1.10 bits per heavy atom. The molecule has 8 rings (SSSR count). The predicted octanol–water partition coefficient (Wildman–Crippen LogP) is 8.36. The van der Waals surface area contributed by atoms with Gasteiger partial charge in [0.15, 0.2) is 0 Å². The largest absolute Gasteiger partial charge is 1.00 e. The van der Waals surface area contributed by atoms with E-state index in [1.54, 1.807) is 116 Å². The molecule has 0 atom stereocenters. The van der Waals surface area contributed by atoms with Crippen LogP contribution in [0.25, 0.3) is 33.3 Å². The van der Waals surface area contributed by atoms with Crippen molar-refractivity contribution in [2.45, 2.75) is 26.7 Å². The molecule has 0 bridgehead atoms. The van der Waals surface area contributed by atoms with Crippen LogP contribution in [0.1, 0.15) is 57.3 Å². The Labute approximate surface area is 425 Å². The quantitative estimate of drug-likeness (QED) is 0.0731. The zero-order chi connectivity index (χ0) is 45.2. The Morgan fingerprint density at radius 1 is 0.687 bits per heavy atom. The number of hydrogen-bond donors (Lipinski definition) is 2. The van der Waals surface area contributed by atoms with Gasteiger partial charge in [0.1, 0.15) is 23.1 Å². The molecule has 8 aromatic rings. The van der Waals surface area contributed by atoms with Crippen LogP contribution >= 0.6 is 35.6 Å². The van der Waals surface area contributed by atoms with Crippen LogP contribution in [0, 0.1) is 19.1 Å². The van der Waals surface area contributed by atoms with Crippen molar-refractivity contribution >= 4 is 58.6 Å². The molecule has 4 heterocycles. The summed E-state index contributed by atoms with van der Waals surface area (Å²) < 4.78 is 50.0. The van der Waals surface area contributed by atoms with E-state index in [2.05, 4.69) is 9.97 Å². The molecular weight excluding hydrogens is 940 g/mol. The van der Waals surface area contributed by atoms with Crippen molar-refractivity contribution in [2.75, 3.05) is 27.4 Å². The minimum atomic E-state index is -1.12. The van der Waals surface area contributed by atoms with E-state index in [1.165, 1.54) is 24.8 Å². The molecule has 0 aliphatic carbocycles. The molecule has 18 heteroatoms. The number of aliphatic hydroxyl groups is 1. The summed E-state index contributed by atoms with van der Waals surface area (Å²) in [7, 11) is 3.00. The molecule has 3 N–H and O–H groups in total. The van der Waals surface area contributed by atoms with E-state index < -0.39 is 17.8 Å². The number of carbonyl (C=O) groups is 2. The van der Waals surface area contributed by atoms with Crippen molar-refractivity contribution in [1.82, 2.24) is 18.8 Å². The summed E-state index contributed by atoms with van der Waals surface area (Å²) in [6.07, 6.45) is 7.11. The van der Waals surface area contributed by atoms with Crippen molar-refractivity contribution in [2.24, 2.45) is 0 Å². The average molecular weight is 987 g/mol. The van der Waals surface area contributed by atoms with E-state index >= 15 is 8.78 Å². The van der Waals surface area contributed by atoms with Crippen molar-refractivity contribution in [3.8, 4) is 33.8 Å². The Bertz CT molecular complexity index is 2930. The van der Waals surface area contributed by atoms with E-state index in [9.17, 15) is 14.7 Å². The van der Waals surface area contributed by atoms with Gasteiger partial charge in [-0.25, -0.2) is 28.3 Å². The van der Waals surface area contributed by atoms with E-state index in [0.29, 0.717) is 66.9 Å². The molecule has 348 valence electrons. The number of aromatic nitrogens is 4. The van der Waals surface area contributed by atoms with Gasteiger partial charge in [-0.05, 0) is 95.8 Å². The van der Waals surface area contributed by atoms with Crippen LogP contribution in [0.2, 0.25) is 10.0 Å². The molecule has 67 heavy (non-hydrogen) atoms. The van der Waals surface area contributed by atoms with Gasteiger partial charge in [0, 0.05) is 41.9 Å². The molecular formula is C49H47Cl3F2N4NaO8-. The summed E-state index contributed by atoms with van der Waals surface area (Å²) in [4.78, 5) is 31.5. The second-order valence-electron chi connectivity index (χ2n) is 13.8. The zero-order valence-corrected chi connectivity index (χ0v) is 41.8. The Morgan fingerprint density at radius 3 is 1.49 bits per heavy atom. The first-order valence-electron chi connectivity index (χ1n) is 19.6. The number of esters is 1. The summed E-state index contributed by atoms with van der Waals surface area (Å²) in [6.45, 7) is 3.93. The maximum Gasteiger partial charge on any atom is 1.00 e. The Kier molecular flexibility index (Phi) is 22.9. The fourth-order valence-corrected chi connectivity index (χ4v) is 7.25. The number of pyridine rings is 2. The van der Waals surface area contributed by atoms with Crippen LogP contribution in [0.5, 0.6) is 11.5 Å². The minimum Gasteiger partial charge on any atom is -0.870 e. The van der Waals surface area contributed by atoms with Crippen molar-refractivity contribution in [3.05, 3.63) is 185 Å². The summed E-state index contributed by atoms with van der Waals surface area (Å²) in [5, 5.41) is 17.9. The van der Waals surface area contributed by atoms with Crippen LogP contribution in [0.4, 0.5) is 8.78 Å². The minimum absolute atomic E-state index is 0. The molecule has 0 unspecified atom stereocenters. The van der Waals surface area contributed by atoms with Crippen LogP contribution in [-0.2, 0) is 17.6 Å². The fraction of sp³-hybridized carbons (Fsp3) is 0.163. The van der Waals surface area contributed by atoms with Gasteiger partial charge in [-0.15, -0.1) is 12.4 Å². The van der Waals surface area contributed by atoms with Gasteiger partial charge >= 0.3 is 41.5 Å². The van der Waals surface area contributed by atoms with E-state index in [-0.39, 0.29) is 92.0 Å². The van der Waals surface area contributed by atoms with E-state index in [0.717, 1.165) is 16.6 Å². The van der Waals surface area contributed by atoms with Gasteiger partial charge in [-0.2, -0.15) is 0 Å². The smallest absolute Gasteiger partial charge is 0.870 e. The summed E-state index contributed by atoms with van der Waals surface area (Å²) in [5.74, 6) is -1.47. The second-order valence-corrected chi connectivity index (χ2v) is 14.6. The number of aromatic carboxylic acids is 1. The standard InChI is InChI=1S/C24H20ClFN2O3.C22H16ClFN2O3.C2H6O.CH3.ClH.Na.H2O/c1-3-31-24(29)23-27-13-19-9-7-15(14-28(19)23)11-17-8-10-20(30-2)21(22(17)26)16-5-4-6-18(25)12-16;1-29-18-8-6-15(20(24)19(18)14-3-2-4-16(23)10-14)9-13-5-7-17-11-25-21(22(27)28)26(17)12-13;1-2-3;;;;/h4-10,12-14H,3,11H2,1-2H3;2-8,10-12H,9H2,1H3,(H,27,28);3H,2H2,1H3;1H3;1H;;1H2/q;;;-1;;+1;/p-1. The number of fused-ring (bicyclic) bond motifs is 2. The summed E-state index contributed by atoms with van der Waals surface area (Å²) in [5.41, 5.74) is 5.87. The van der Waals surface area contributed by atoms with Crippen molar-refractivity contribution in [1.29, 1.82) is 0 Å². The molecule has 0 saturated heterocycles. The predicted molar refractivity (Wildman–Crippen MR) is 254 cm³/mol. The maximum atomic E-state index is 15.6. The number of carboxylic acids is 1. The van der Waals surface area contributed by atoms with Gasteiger partial charge < -0.3 is 37.3 Å². The van der Waals surface area contributed by atoms with Crippen LogP contribution in [0.3, 0.4) is 0 Å². The topological polar surface area (TPSA) is 167 Å². The van der Waals surface area contributed by atoms with Crippen LogP contribution in [-0.4, -0.2) is 73.8 Å². The number of aliphatic hydroxyl groups excluding tert-OH is 1. The average Bonchev–Trinajstić information content (AvgIpc) is 3.90. The first kappa shape index (κ1) is 57.6. The number of rotatable bonds is 11. The maximum absolute atomic E-state index is 15.6. The number of carboxylic acid groups (broad SMARTS) is 1. The fourth-order valence-electron chi connectivity index (χ4n) is 6.86. The Hall–Kier alpha value is -5.55. The summed E-state index contributed by atoms with van der Waals surface area (Å²) >= 11 is 12.2. The molecule has 4 aromatic carbocycles. The number of methoxy groups -OCH3 is 2. The van der Waals surface area contributed by atoms with Gasteiger partial charge in [-0.1, -0.05) is 71.7 Å². The van der Waals surface area contributed by atoms with Crippen LogP contribution < -0.4 is 39.0 Å². The number of halogens is 5. The summed E-state index contributed by atoms with van der Waals surface area (Å²) in [6, 6.07) is 28.1. The number of benzene rings is 4. The second kappa shape index (κ2) is 26.7. The van der Waals surface area contributed by atoms with Crippen molar-refractivity contribution < 1.29 is 77.8 Å². The molecule has 0 fully saturated rings. The molecule has 0 aliphatic heterocycles. The van der Waals surface area contributed by atoms with Gasteiger partial charge in [-0.3, -0.25) is 8.80 Å². The number of nitrogens with zero attached hydrogens (tertiary/aromatic N) is 4. The molecule has 0 spiro atoms. The third-order valence-electron chi connectivity index (χ3n) is 9.65. The van der Waals surface area contributed by atoms with E-state index in [1.807, 2.05) is 18.2 Å². The third-order valence-corrected chi connectivity index (χ3v) is 10.1. The molecule has 0 amide bonds. The molecule has 0 saturated carbocycles. The van der Waals surface area contributed by atoms with Crippen LogP contribution in [0.15, 0.2) is 122 Å². The van der Waals surface area contributed by atoms with Crippen molar-refractivity contribution in [3.63, 3.8) is 0 Å². The number of imidazole rings is 2. The molecule has 4 aromatic heterocycles. The number of hydrogen-bond acceptors (Lipinski definition) is 9. The SMILES string of the molecule is CCO.CCOC(=O)c1ncc2ccc(Cc3ccc(OC)c(-c4cccc(Cl)c4)c3F)cn12.COc1ccc(Cc2ccc3cnc(C(=O)O)n3c2)c(F)c1-c1cccc(Cl)c1.Cl.[CH3-].[Na+].[OH-]. The zero-order valence-electron chi connectivity index (χ0n) is 37.5. The number of carbonyl (C=O) groups excluding carboxylic acids is 1. The third kappa shape index (κ3) is 13.6. The Balaban J connectivity index is 0.000000412. The van der Waals surface area contributed by atoms with E-state index in [4.69, 9.17) is 42.5 Å². The van der Waals surface area contributed by atoms with Gasteiger partial charge in [0.05, 0.1) is 55.4 Å². The first-order chi connectivity index (χ1) is 30.4. The normalized spacial score (nSPS) is 10.1. The van der Waals surface area contributed by atoms with Gasteiger partial charge in [0.2, 0.25) is 11.6 Å². The van der Waals surface area contributed by atoms with Gasteiger partial charge in [0.25, 0.3) is 0 Å². The monoisotopic (exact) mass is 985 g/mol. The molecule has 12 nitrogen and oxygen atoms in total. The molecule has 0 radical (unpaired) electrons. The number of ether oxygens (including phenoxy) is 3. The molecule has 0 aliphatic rings.